The fourth-order valence-corrected chi connectivity index (χ4v) is 3.34. The van der Waals surface area contributed by atoms with E-state index in [-0.39, 0.29) is 11.2 Å². The van der Waals surface area contributed by atoms with E-state index in [1.165, 1.54) is 12.1 Å². The molecule has 108 valence electrons. The van der Waals surface area contributed by atoms with Crippen LogP contribution in [-0.4, -0.2) is 9.55 Å². The van der Waals surface area contributed by atoms with Gasteiger partial charge in [0.15, 0.2) is 0 Å². The molecule has 1 unspecified atom stereocenters. The van der Waals surface area contributed by atoms with E-state index in [0.717, 1.165) is 9.26 Å². The molecule has 2 nitrogen and oxygen atoms in total. The predicted molar refractivity (Wildman–Crippen MR) is 93.0 cm³/mol. The summed E-state index contributed by atoms with van der Waals surface area (Å²) in [5.41, 5.74) is 2.09. The van der Waals surface area contributed by atoms with Crippen molar-refractivity contribution < 1.29 is 4.39 Å². The van der Waals surface area contributed by atoms with Gasteiger partial charge in [0.2, 0.25) is 0 Å². The molecule has 0 saturated carbocycles. The van der Waals surface area contributed by atoms with E-state index >= 15 is 0 Å². The topological polar surface area (TPSA) is 17.8 Å². The quantitative estimate of drug-likeness (QED) is 0.372. The maximum absolute atomic E-state index is 13.6. The van der Waals surface area contributed by atoms with Gasteiger partial charge in [-0.2, -0.15) is 0 Å². The summed E-state index contributed by atoms with van der Waals surface area (Å²) in [6.07, 6.45) is 0. The Bertz CT molecular complexity index is 830. The Morgan fingerprint density at radius 1 is 1.24 bits per heavy atom. The number of imidazole rings is 1. The highest BCUT2D eigenvalue weighted by atomic mass is 127. The lowest BCUT2D eigenvalue weighted by molar-refractivity contribution is 0.629. The Hall–Kier alpha value is -0.850. The summed E-state index contributed by atoms with van der Waals surface area (Å²) in [4.78, 5) is 4.50. The third-order valence-electron chi connectivity index (χ3n) is 3.15. The molecule has 3 aromatic rings. The zero-order chi connectivity index (χ0) is 15.1. The van der Waals surface area contributed by atoms with Crippen LogP contribution >= 0.6 is 45.8 Å². The minimum Gasteiger partial charge on any atom is -0.293 e. The van der Waals surface area contributed by atoms with Crippen LogP contribution < -0.4 is 0 Å². The lowest BCUT2D eigenvalue weighted by Gasteiger charge is -2.12. The van der Waals surface area contributed by atoms with Crippen LogP contribution in [0.5, 0.6) is 0 Å². The Morgan fingerprint density at radius 2 is 2.00 bits per heavy atom. The number of alkyl halides is 1. The Balaban J connectivity index is 2.38. The lowest BCUT2D eigenvalue weighted by atomic mass is 10.2. The fraction of sp³-hybridized carbons (Fsp3) is 0.133. The summed E-state index contributed by atoms with van der Waals surface area (Å²) < 4.78 is 16.4. The minimum absolute atomic E-state index is 0.320. The molecule has 2 aromatic carbocycles. The summed E-state index contributed by atoms with van der Waals surface area (Å²) in [6.45, 7) is 1.83. The third-order valence-corrected chi connectivity index (χ3v) is 4.32. The van der Waals surface area contributed by atoms with Crippen molar-refractivity contribution in [1.82, 2.24) is 9.55 Å². The summed E-state index contributed by atoms with van der Waals surface area (Å²) in [6, 6.07) is 10.2. The average Bonchev–Trinajstić information content (AvgIpc) is 2.77. The number of nitrogens with zero attached hydrogens (tertiary/aromatic N) is 2. The van der Waals surface area contributed by atoms with Crippen molar-refractivity contribution in [2.45, 2.75) is 12.3 Å². The first-order chi connectivity index (χ1) is 9.97. The standard InChI is InChI=1S/C15H10Cl2FIN2/c1-8(16)15-20-12-4-2-9(18)6-14(12)21(15)13-5-3-10(19)7-11(13)17/h2-8H,1H3. The van der Waals surface area contributed by atoms with Crippen LogP contribution in [0.25, 0.3) is 16.7 Å². The molecule has 0 amide bonds. The van der Waals surface area contributed by atoms with Crippen LogP contribution in [0, 0.1) is 9.39 Å². The van der Waals surface area contributed by atoms with E-state index < -0.39 is 0 Å². The maximum Gasteiger partial charge on any atom is 0.132 e. The van der Waals surface area contributed by atoms with Crippen molar-refractivity contribution in [2.75, 3.05) is 0 Å². The molecular formula is C15H10Cl2FIN2. The largest absolute Gasteiger partial charge is 0.293 e. The molecule has 3 rings (SSSR count). The highest BCUT2D eigenvalue weighted by molar-refractivity contribution is 14.1. The molecule has 0 radical (unpaired) electrons. The van der Waals surface area contributed by atoms with Gasteiger partial charge >= 0.3 is 0 Å². The summed E-state index contributed by atoms with van der Waals surface area (Å²) in [5.74, 6) is 0.319. The lowest BCUT2D eigenvalue weighted by Crippen LogP contribution is -2.03. The Kier molecular flexibility index (Phi) is 4.12. The van der Waals surface area contributed by atoms with Gasteiger partial charge in [-0.05, 0) is 59.8 Å². The molecule has 0 aliphatic heterocycles. The molecule has 1 aromatic heterocycles. The molecular weight excluding hydrogens is 425 g/mol. The normalized spacial score (nSPS) is 12.8. The molecule has 21 heavy (non-hydrogen) atoms. The smallest absolute Gasteiger partial charge is 0.132 e. The number of fused-ring (bicyclic) bond motifs is 1. The summed E-state index contributed by atoms with van der Waals surface area (Å²) in [7, 11) is 0. The summed E-state index contributed by atoms with van der Waals surface area (Å²) >= 11 is 14.8. The first kappa shape index (κ1) is 15.1. The average molecular weight is 435 g/mol. The molecule has 0 N–H and O–H groups in total. The van der Waals surface area contributed by atoms with Crippen molar-refractivity contribution in [3.05, 3.63) is 56.6 Å². The molecule has 0 spiro atoms. The van der Waals surface area contributed by atoms with Crippen molar-refractivity contribution in [3.63, 3.8) is 0 Å². The molecule has 6 heteroatoms. The fourth-order valence-electron chi connectivity index (χ4n) is 2.25. The SMILES string of the molecule is CC(Cl)c1nc2ccc(F)cc2n1-c1ccc(I)cc1Cl. The van der Waals surface area contributed by atoms with E-state index in [1.807, 2.05) is 29.7 Å². The Labute approximate surface area is 145 Å². The van der Waals surface area contributed by atoms with Crippen molar-refractivity contribution >= 4 is 56.8 Å². The molecule has 0 fully saturated rings. The number of hydrogen-bond donors (Lipinski definition) is 0. The van der Waals surface area contributed by atoms with Crippen molar-refractivity contribution in [3.8, 4) is 5.69 Å². The number of hydrogen-bond acceptors (Lipinski definition) is 1. The maximum atomic E-state index is 13.6. The number of rotatable bonds is 2. The molecule has 0 aliphatic carbocycles. The molecule has 1 heterocycles. The van der Waals surface area contributed by atoms with Crippen LogP contribution in [-0.2, 0) is 0 Å². The van der Waals surface area contributed by atoms with Crippen LogP contribution in [0.1, 0.15) is 18.1 Å². The van der Waals surface area contributed by atoms with Crippen LogP contribution in [0.3, 0.4) is 0 Å². The van der Waals surface area contributed by atoms with Crippen LogP contribution in [0.2, 0.25) is 5.02 Å². The highest BCUT2D eigenvalue weighted by Crippen LogP contribution is 2.32. The predicted octanol–water partition coefficient (Wildman–Crippen LogP) is 5.72. The monoisotopic (exact) mass is 434 g/mol. The number of halogens is 4. The molecule has 0 saturated heterocycles. The van der Waals surface area contributed by atoms with Gasteiger partial charge in [-0.3, -0.25) is 4.57 Å². The summed E-state index contributed by atoms with van der Waals surface area (Å²) in [5, 5.41) is 0.250. The molecule has 0 bridgehead atoms. The third kappa shape index (κ3) is 2.76. The van der Waals surface area contributed by atoms with Crippen LogP contribution in [0.15, 0.2) is 36.4 Å². The van der Waals surface area contributed by atoms with E-state index in [2.05, 4.69) is 27.6 Å². The second-order valence-corrected chi connectivity index (χ2v) is 6.96. The van der Waals surface area contributed by atoms with Crippen LogP contribution in [0.4, 0.5) is 4.39 Å². The highest BCUT2D eigenvalue weighted by Gasteiger charge is 2.18. The Morgan fingerprint density at radius 3 is 2.67 bits per heavy atom. The molecule has 1 atom stereocenters. The first-order valence-corrected chi connectivity index (χ1v) is 8.14. The van der Waals surface area contributed by atoms with Gasteiger partial charge in [-0.15, -0.1) is 11.6 Å². The van der Waals surface area contributed by atoms with Gasteiger partial charge in [0, 0.05) is 9.64 Å². The van der Waals surface area contributed by atoms with Crippen molar-refractivity contribution in [2.24, 2.45) is 0 Å². The van der Waals surface area contributed by atoms with E-state index in [9.17, 15) is 4.39 Å². The minimum atomic E-state index is -0.323. The van der Waals surface area contributed by atoms with E-state index in [4.69, 9.17) is 23.2 Å². The molecule has 0 aliphatic rings. The second kappa shape index (κ2) is 5.74. The van der Waals surface area contributed by atoms with E-state index in [1.54, 1.807) is 6.07 Å². The van der Waals surface area contributed by atoms with Gasteiger partial charge in [0.25, 0.3) is 0 Å². The number of aromatic nitrogens is 2. The van der Waals surface area contributed by atoms with Crippen molar-refractivity contribution in [1.29, 1.82) is 0 Å². The number of benzene rings is 2. The van der Waals surface area contributed by atoms with Gasteiger partial charge in [-0.1, -0.05) is 11.6 Å². The zero-order valence-electron chi connectivity index (χ0n) is 10.9. The first-order valence-electron chi connectivity index (χ1n) is 6.25. The van der Waals surface area contributed by atoms with Gasteiger partial charge in [0.05, 0.1) is 27.1 Å². The van der Waals surface area contributed by atoms with Gasteiger partial charge in [0.1, 0.15) is 11.6 Å². The second-order valence-electron chi connectivity index (χ2n) is 4.65. The van der Waals surface area contributed by atoms with E-state index in [0.29, 0.717) is 21.9 Å². The van der Waals surface area contributed by atoms with Gasteiger partial charge < -0.3 is 0 Å². The zero-order valence-corrected chi connectivity index (χ0v) is 14.6. The van der Waals surface area contributed by atoms with Gasteiger partial charge in [-0.25, -0.2) is 9.37 Å².